The maximum Gasteiger partial charge on any atom is 0.165 e. The predicted octanol–water partition coefficient (Wildman–Crippen LogP) is 3.95. The van der Waals surface area contributed by atoms with Crippen LogP contribution in [0.2, 0.25) is 0 Å². The number of hydrogen-bond donors (Lipinski definition) is 1. The van der Waals surface area contributed by atoms with E-state index >= 15 is 0 Å². The van der Waals surface area contributed by atoms with Crippen LogP contribution < -0.4 is 10.1 Å². The molecule has 1 aromatic carbocycles. The van der Waals surface area contributed by atoms with E-state index in [-0.39, 0.29) is 24.3 Å². The van der Waals surface area contributed by atoms with E-state index < -0.39 is 0 Å². The van der Waals surface area contributed by atoms with E-state index in [0.717, 1.165) is 57.4 Å². The minimum atomic E-state index is -0.272. The van der Waals surface area contributed by atoms with Gasteiger partial charge in [0.05, 0.1) is 7.11 Å². The molecule has 1 saturated heterocycles. The number of nitrogens with zero attached hydrogens (tertiary/aromatic N) is 1. The molecule has 1 aromatic rings. The van der Waals surface area contributed by atoms with Crippen molar-refractivity contribution < 1.29 is 9.13 Å². The fraction of sp³-hybridized carbons (Fsp3) is 0.556. The quantitative estimate of drug-likeness (QED) is 0.572. The number of methoxy groups -OCH3 is 1. The molecule has 0 aromatic heterocycles. The van der Waals surface area contributed by atoms with Gasteiger partial charge in [-0.05, 0) is 25.3 Å². The van der Waals surface area contributed by atoms with E-state index in [2.05, 4.69) is 16.8 Å². The van der Waals surface area contributed by atoms with Gasteiger partial charge in [-0.15, -0.1) is 19.0 Å². The van der Waals surface area contributed by atoms with E-state index in [4.69, 9.17) is 4.74 Å². The number of hydrogen-bond acceptors (Lipinski definition) is 3. The molecule has 0 aliphatic carbocycles. The van der Waals surface area contributed by atoms with Gasteiger partial charge >= 0.3 is 0 Å². The molecule has 0 unspecified atom stereocenters. The summed E-state index contributed by atoms with van der Waals surface area (Å²) in [7, 11) is 1.55. The molecule has 0 amide bonds. The first kappa shape index (κ1) is 19.9. The molecule has 0 saturated carbocycles. The highest BCUT2D eigenvalue weighted by Gasteiger charge is 2.25. The number of rotatable bonds is 8. The van der Waals surface area contributed by atoms with Crippen molar-refractivity contribution in [1.82, 2.24) is 10.2 Å². The number of halogens is 2. The third kappa shape index (κ3) is 5.48. The Kier molecular flexibility index (Phi) is 9.22. The molecule has 5 heteroatoms. The molecular formula is C18H28ClFN2O. The molecular weight excluding hydrogens is 315 g/mol. The van der Waals surface area contributed by atoms with Crippen molar-refractivity contribution in [1.29, 1.82) is 0 Å². The average molecular weight is 343 g/mol. The molecule has 3 nitrogen and oxygen atoms in total. The Morgan fingerprint density at radius 2 is 2.09 bits per heavy atom. The summed E-state index contributed by atoms with van der Waals surface area (Å²) in [5.74, 6) is 0.126. The van der Waals surface area contributed by atoms with E-state index in [0.29, 0.717) is 5.75 Å². The molecule has 1 heterocycles. The van der Waals surface area contributed by atoms with Crippen molar-refractivity contribution in [2.75, 3.05) is 33.3 Å². The van der Waals surface area contributed by atoms with E-state index in [1.165, 1.54) is 6.07 Å². The fourth-order valence-corrected chi connectivity index (χ4v) is 3.16. The van der Waals surface area contributed by atoms with Crippen LogP contribution in [0.3, 0.4) is 0 Å². The van der Waals surface area contributed by atoms with Crippen LogP contribution in [0.4, 0.5) is 4.39 Å². The van der Waals surface area contributed by atoms with Gasteiger partial charge in [0.2, 0.25) is 0 Å². The van der Waals surface area contributed by atoms with Crippen molar-refractivity contribution >= 4 is 12.4 Å². The second kappa shape index (κ2) is 10.6. The zero-order valence-electron chi connectivity index (χ0n) is 13.9. The number of para-hydroxylation sites is 1. The fourth-order valence-electron chi connectivity index (χ4n) is 3.16. The van der Waals surface area contributed by atoms with Gasteiger partial charge in [-0.3, -0.25) is 4.90 Å². The van der Waals surface area contributed by atoms with Gasteiger partial charge in [-0.2, -0.15) is 0 Å². The second-order valence-corrected chi connectivity index (χ2v) is 5.74. The van der Waals surface area contributed by atoms with Crippen LogP contribution in [0.1, 0.15) is 37.3 Å². The van der Waals surface area contributed by atoms with Crippen molar-refractivity contribution in [3.63, 3.8) is 0 Å². The lowest BCUT2D eigenvalue weighted by atomic mass is 9.97. The molecule has 0 radical (unpaired) electrons. The maximum absolute atomic E-state index is 14.1. The summed E-state index contributed by atoms with van der Waals surface area (Å²) in [6, 6.07) is 5.47. The normalized spacial score (nSPS) is 16.4. The monoisotopic (exact) mass is 342 g/mol. The first-order valence-corrected chi connectivity index (χ1v) is 8.16. The average Bonchev–Trinajstić information content (AvgIpc) is 2.56. The Hall–Kier alpha value is -1.10. The Balaban J connectivity index is 0.00000264. The van der Waals surface area contributed by atoms with Crippen molar-refractivity contribution in [3.8, 4) is 5.75 Å². The summed E-state index contributed by atoms with van der Waals surface area (Å²) < 4.78 is 19.4. The van der Waals surface area contributed by atoms with Gasteiger partial charge in [0.25, 0.3) is 0 Å². The van der Waals surface area contributed by atoms with Gasteiger partial charge in [0.15, 0.2) is 11.6 Å². The molecule has 0 spiro atoms. The Bertz CT molecular complexity index is 478. The number of nitrogens with one attached hydrogen (secondary N) is 1. The molecule has 1 fully saturated rings. The van der Waals surface area contributed by atoms with Crippen LogP contribution in [-0.4, -0.2) is 38.2 Å². The molecule has 1 aliphatic heterocycles. The van der Waals surface area contributed by atoms with Gasteiger partial charge in [0, 0.05) is 37.8 Å². The third-order valence-corrected chi connectivity index (χ3v) is 4.29. The summed E-state index contributed by atoms with van der Waals surface area (Å²) in [4.78, 5) is 2.45. The first-order chi connectivity index (χ1) is 10.8. The number of piperazine rings is 1. The number of allylic oxidation sites excluding steroid dienone is 1. The standard InChI is InChI=1S/C18H27FN2O.ClH/c1-3-4-5-6-10-17(21-13-11-20-12-14-21)15-8-7-9-16(19)18(15)22-2;/h3,7-9,17,20H,1,4-6,10-14H2,2H3;1H/t17-;/m0./s1. The molecule has 130 valence electrons. The van der Waals surface area contributed by atoms with Crippen LogP contribution >= 0.6 is 12.4 Å². The van der Waals surface area contributed by atoms with Gasteiger partial charge < -0.3 is 10.1 Å². The highest BCUT2D eigenvalue weighted by Crippen LogP contribution is 2.35. The van der Waals surface area contributed by atoms with Crippen molar-refractivity contribution in [3.05, 3.63) is 42.2 Å². The summed E-state index contributed by atoms with van der Waals surface area (Å²) in [6.45, 7) is 7.73. The van der Waals surface area contributed by atoms with Crippen LogP contribution in [0, 0.1) is 5.82 Å². The Morgan fingerprint density at radius 3 is 2.74 bits per heavy atom. The van der Waals surface area contributed by atoms with Gasteiger partial charge in [-0.25, -0.2) is 4.39 Å². The molecule has 1 N–H and O–H groups in total. The van der Waals surface area contributed by atoms with Crippen LogP contribution in [0.5, 0.6) is 5.75 Å². The van der Waals surface area contributed by atoms with Crippen molar-refractivity contribution in [2.24, 2.45) is 0 Å². The number of ether oxygens (including phenoxy) is 1. The number of benzene rings is 1. The summed E-state index contributed by atoms with van der Waals surface area (Å²) in [5, 5.41) is 3.38. The highest BCUT2D eigenvalue weighted by atomic mass is 35.5. The molecule has 1 atom stereocenters. The van der Waals surface area contributed by atoms with Crippen LogP contribution in [-0.2, 0) is 0 Å². The van der Waals surface area contributed by atoms with E-state index in [9.17, 15) is 4.39 Å². The third-order valence-electron chi connectivity index (χ3n) is 4.29. The smallest absolute Gasteiger partial charge is 0.165 e. The predicted molar refractivity (Wildman–Crippen MR) is 96.0 cm³/mol. The lowest BCUT2D eigenvalue weighted by Gasteiger charge is -2.36. The summed E-state index contributed by atoms with van der Waals surface area (Å²) >= 11 is 0. The molecule has 23 heavy (non-hydrogen) atoms. The second-order valence-electron chi connectivity index (χ2n) is 5.74. The largest absolute Gasteiger partial charge is 0.493 e. The molecule has 2 rings (SSSR count). The van der Waals surface area contributed by atoms with Gasteiger partial charge in [0.1, 0.15) is 0 Å². The topological polar surface area (TPSA) is 24.5 Å². The Labute approximate surface area is 145 Å². The minimum Gasteiger partial charge on any atom is -0.493 e. The maximum atomic E-state index is 14.1. The molecule has 0 bridgehead atoms. The minimum absolute atomic E-state index is 0. The summed E-state index contributed by atoms with van der Waals surface area (Å²) in [5.41, 5.74) is 0.975. The van der Waals surface area contributed by atoms with Crippen LogP contribution in [0.15, 0.2) is 30.9 Å². The van der Waals surface area contributed by atoms with E-state index in [1.807, 2.05) is 12.1 Å². The zero-order chi connectivity index (χ0) is 15.8. The summed E-state index contributed by atoms with van der Waals surface area (Å²) in [6.07, 6.45) is 6.26. The van der Waals surface area contributed by atoms with E-state index in [1.54, 1.807) is 13.2 Å². The lowest BCUT2D eigenvalue weighted by molar-refractivity contribution is 0.159. The first-order valence-electron chi connectivity index (χ1n) is 8.16. The zero-order valence-corrected chi connectivity index (χ0v) is 14.7. The number of unbranched alkanes of at least 4 members (excludes halogenated alkanes) is 2. The lowest BCUT2D eigenvalue weighted by Crippen LogP contribution is -2.45. The molecule has 1 aliphatic rings. The van der Waals surface area contributed by atoms with Gasteiger partial charge in [-0.1, -0.05) is 24.6 Å². The highest BCUT2D eigenvalue weighted by molar-refractivity contribution is 5.85. The SMILES string of the molecule is C=CCCCC[C@@H](c1cccc(F)c1OC)N1CCNCC1.Cl. The van der Waals surface area contributed by atoms with Crippen LogP contribution in [0.25, 0.3) is 0 Å². The van der Waals surface area contributed by atoms with Crippen molar-refractivity contribution in [2.45, 2.75) is 31.7 Å². The Morgan fingerprint density at radius 1 is 1.35 bits per heavy atom.